The first kappa shape index (κ1) is 13.3. The molecule has 0 aromatic heterocycles. The van der Waals surface area contributed by atoms with Crippen LogP contribution >= 0.6 is 0 Å². The summed E-state index contributed by atoms with van der Waals surface area (Å²) >= 11 is 0. The maximum Gasteiger partial charge on any atom is 0.119 e. The average Bonchev–Trinajstić information content (AvgIpc) is 2.48. The first-order chi connectivity index (χ1) is 9.38. The van der Waals surface area contributed by atoms with Crippen LogP contribution in [-0.4, -0.2) is 12.8 Å². The zero-order chi connectivity index (χ0) is 13.3. The van der Waals surface area contributed by atoms with Gasteiger partial charge in [-0.05, 0) is 36.2 Å². The molecule has 0 spiro atoms. The second kappa shape index (κ2) is 7.37. The summed E-state index contributed by atoms with van der Waals surface area (Å²) in [5.74, 6) is 0.909. The van der Waals surface area contributed by atoms with Gasteiger partial charge in [-0.25, -0.2) is 0 Å². The summed E-state index contributed by atoms with van der Waals surface area (Å²) in [5, 5.41) is 0. The molecule has 0 bridgehead atoms. The molecule has 2 heteroatoms. The lowest BCUT2D eigenvalue weighted by atomic mass is 10.2. The molecule has 2 aromatic carbocycles. The van der Waals surface area contributed by atoms with Gasteiger partial charge in [0, 0.05) is 6.21 Å². The molecule has 19 heavy (non-hydrogen) atoms. The van der Waals surface area contributed by atoms with E-state index in [2.05, 4.69) is 11.9 Å². The van der Waals surface area contributed by atoms with Crippen LogP contribution in [0.25, 0.3) is 0 Å². The van der Waals surface area contributed by atoms with Crippen LogP contribution in [0.4, 0.5) is 5.69 Å². The number of aliphatic imine (C=N–C) groups is 1. The molecule has 0 heterocycles. The summed E-state index contributed by atoms with van der Waals surface area (Å²) in [7, 11) is 0. The van der Waals surface area contributed by atoms with Gasteiger partial charge in [0.1, 0.15) is 5.75 Å². The zero-order valence-electron chi connectivity index (χ0n) is 11.3. The highest BCUT2D eigenvalue weighted by Crippen LogP contribution is 2.18. The first-order valence-corrected chi connectivity index (χ1v) is 6.70. The molecule has 2 nitrogen and oxygen atoms in total. The smallest absolute Gasteiger partial charge is 0.119 e. The van der Waals surface area contributed by atoms with Gasteiger partial charge in [-0.1, -0.05) is 43.7 Å². The van der Waals surface area contributed by atoms with Gasteiger partial charge in [0.15, 0.2) is 0 Å². The highest BCUT2D eigenvalue weighted by atomic mass is 16.5. The highest BCUT2D eigenvalue weighted by molar-refractivity contribution is 5.81. The van der Waals surface area contributed by atoms with Crippen molar-refractivity contribution in [1.82, 2.24) is 0 Å². The Kier molecular flexibility index (Phi) is 5.17. The quantitative estimate of drug-likeness (QED) is 0.544. The third kappa shape index (κ3) is 4.59. The maximum atomic E-state index is 5.61. The molecular formula is C17H19NO. The van der Waals surface area contributed by atoms with E-state index in [4.69, 9.17) is 4.74 Å². The fraction of sp³-hybridized carbons (Fsp3) is 0.235. The summed E-state index contributed by atoms with van der Waals surface area (Å²) in [6.45, 7) is 2.94. The number of unbranched alkanes of at least 4 members (excludes halogenated alkanes) is 1. The van der Waals surface area contributed by atoms with E-state index in [1.165, 1.54) is 0 Å². The minimum atomic E-state index is 0.781. The number of hydrogen-bond donors (Lipinski definition) is 0. The molecule has 0 aliphatic rings. The number of rotatable bonds is 6. The van der Waals surface area contributed by atoms with Crippen LogP contribution in [0.3, 0.4) is 0 Å². The Bertz CT molecular complexity index is 503. The van der Waals surface area contributed by atoms with E-state index in [1.807, 2.05) is 60.8 Å². The first-order valence-electron chi connectivity index (χ1n) is 6.70. The van der Waals surface area contributed by atoms with Gasteiger partial charge in [-0.2, -0.15) is 0 Å². The van der Waals surface area contributed by atoms with E-state index in [-0.39, 0.29) is 0 Å². The second-order valence-electron chi connectivity index (χ2n) is 4.36. The van der Waals surface area contributed by atoms with E-state index >= 15 is 0 Å². The Balaban J connectivity index is 1.93. The van der Waals surface area contributed by atoms with Crippen molar-refractivity contribution in [2.45, 2.75) is 19.8 Å². The van der Waals surface area contributed by atoms with E-state index in [0.29, 0.717) is 0 Å². The monoisotopic (exact) mass is 253 g/mol. The standard InChI is InChI=1S/C17H19NO/c1-2-3-13-19-17-11-9-16(10-12-17)18-14-15-7-5-4-6-8-15/h4-12,14H,2-3,13H2,1H3. The minimum Gasteiger partial charge on any atom is -0.494 e. The number of hydrogen-bond acceptors (Lipinski definition) is 2. The van der Waals surface area contributed by atoms with Gasteiger partial charge in [-0.3, -0.25) is 4.99 Å². The van der Waals surface area contributed by atoms with Crippen molar-refractivity contribution in [1.29, 1.82) is 0 Å². The molecule has 0 saturated heterocycles. The number of benzene rings is 2. The third-order valence-electron chi connectivity index (χ3n) is 2.77. The van der Waals surface area contributed by atoms with Crippen molar-refractivity contribution in [2.75, 3.05) is 6.61 Å². The van der Waals surface area contributed by atoms with Crippen LogP contribution in [0.1, 0.15) is 25.3 Å². The van der Waals surface area contributed by atoms with Crippen molar-refractivity contribution in [3.8, 4) is 5.75 Å². The van der Waals surface area contributed by atoms with Crippen molar-refractivity contribution >= 4 is 11.9 Å². The Morgan fingerprint density at radius 2 is 1.74 bits per heavy atom. The van der Waals surface area contributed by atoms with Crippen LogP contribution in [0.5, 0.6) is 5.75 Å². The summed E-state index contributed by atoms with van der Waals surface area (Å²) in [6, 6.07) is 18.0. The SMILES string of the molecule is CCCCOc1ccc(N=Cc2ccccc2)cc1. The largest absolute Gasteiger partial charge is 0.494 e. The molecular weight excluding hydrogens is 234 g/mol. The Morgan fingerprint density at radius 3 is 2.42 bits per heavy atom. The molecule has 0 unspecified atom stereocenters. The fourth-order valence-electron chi connectivity index (χ4n) is 1.65. The van der Waals surface area contributed by atoms with E-state index in [0.717, 1.165) is 36.4 Å². The molecule has 0 aliphatic carbocycles. The van der Waals surface area contributed by atoms with Crippen molar-refractivity contribution in [2.24, 2.45) is 4.99 Å². The molecule has 0 saturated carbocycles. The summed E-state index contributed by atoms with van der Waals surface area (Å²) in [4.78, 5) is 4.43. The molecule has 0 N–H and O–H groups in total. The molecule has 0 radical (unpaired) electrons. The van der Waals surface area contributed by atoms with Crippen LogP contribution in [0.2, 0.25) is 0 Å². The normalized spacial score (nSPS) is 10.8. The second-order valence-corrected chi connectivity index (χ2v) is 4.36. The highest BCUT2D eigenvalue weighted by Gasteiger charge is 1.94. The van der Waals surface area contributed by atoms with Gasteiger partial charge in [0.25, 0.3) is 0 Å². The Labute approximate surface area is 114 Å². The Morgan fingerprint density at radius 1 is 1.00 bits per heavy atom. The van der Waals surface area contributed by atoms with E-state index in [1.54, 1.807) is 0 Å². The lowest BCUT2D eigenvalue weighted by molar-refractivity contribution is 0.309. The zero-order valence-corrected chi connectivity index (χ0v) is 11.3. The minimum absolute atomic E-state index is 0.781. The number of ether oxygens (including phenoxy) is 1. The van der Waals surface area contributed by atoms with Crippen molar-refractivity contribution in [3.05, 3.63) is 60.2 Å². The van der Waals surface area contributed by atoms with Gasteiger partial charge in [0.05, 0.1) is 12.3 Å². The Hall–Kier alpha value is -2.09. The van der Waals surface area contributed by atoms with E-state index in [9.17, 15) is 0 Å². The molecule has 0 atom stereocenters. The molecule has 0 aliphatic heterocycles. The molecule has 2 aromatic rings. The summed E-state index contributed by atoms with van der Waals surface area (Å²) in [6.07, 6.45) is 4.11. The number of nitrogens with zero attached hydrogens (tertiary/aromatic N) is 1. The van der Waals surface area contributed by atoms with Crippen LogP contribution in [0, 0.1) is 0 Å². The van der Waals surface area contributed by atoms with Crippen LogP contribution < -0.4 is 4.74 Å². The summed E-state index contributed by atoms with van der Waals surface area (Å²) < 4.78 is 5.61. The predicted octanol–water partition coefficient (Wildman–Crippen LogP) is 4.62. The lowest BCUT2D eigenvalue weighted by Crippen LogP contribution is -1.95. The third-order valence-corrected chi connectivity index (χ3v) is 2.77. The molecule has 98 valence electrons. The van der Waals surface area contributed by atoms with Crippen LogP contribution in [0.15, 0.2) is 59.6 Å². The van der Waals surface area contributed by atoms with Gasteiger partial charge in [-0.15, -0.1) is 0 Å². The van der Waals surface area contributed by atoms with Crippen molar-refractivity contribution < 1.29 is 4.74 Å². The average molecular weight is 253 g/mol. The van der Waals surface area contributed by atoms with Crippen molar-refractivity contribution in [3.63, 3.8) is 0 Å². The fourth-order valence-corrected chi connectivity index (χ4v) is 1.65. The molecule has 2 rings (SSSR count). The van der Waals surface area contributed by atoms with Gasteiger partial charge < -0.3 is 4.74 Å². The van der Waals surface area contributed by atoms with Gasteiger partial charge >= 0.3 is 0 Å². The van der Waals surface area contributed by atoms with Gasteiger partial charge in [0.2, 0.25) is 0 Å². The van der Waals surface area contributed by atoms with Crippen LogP contribution in [-0.2, 0) is 0 Å². The topological polar surface area (TPSA) is 21.6 Å². The van der Waals surface area contributed by atoms with E-state index < -0.39 is 0 Å². The molecule has 0 amide bonds. The lowest BCUT2D eigenvalue weighted by Gasteiger charge is -2.04. The predicted molar refractivity (Wildman–Crippen MR) is 80.5 cm³/mol. The summed E-state index contributed by atoms with van der Waals surface area (Å²) in [5.41, 5.74) is 2.04. The maximum absolute atomic E-state index is 5.61. The molecule has 0 fully saturated rings.